The van der Waals surface area contributed by atoms with Crippen LogP contribution in [0.15, 0.2) is 30.3 Å². The number of carbonyl (C=O) groups excluding carboxylic acids is 3. The number of nitrogens with one attached hydrogen (secondary N) is 1. The van der Waals surface area contributed by atoms with Gasteiger partial charge in [-0.2, -0.15) is 5.10 Å². The Hall–Kier alpha value is -3.16. The summed E-state index contributed by atoms with van der Waals surface area (Å²) >= 11 is 0. The quantitative estimate of drug-likeness (QED) is 0.797. The predicted molar refractivity (Wildman–Crippen MR) is 116 cm³/mol. The molecule has 1 aromatic carbocycles. The van der Waals surface area contributed by atoms with Crippen LogP contribution in [0.2, 0.25) is 0 Å². The van der Waals surface area contributed by atoms with E-state index in [1.165, 1.54) is 0 Å². The molecule has 4 rings (SSSR count). The van der Waals surface area contributed by atoms with Gasteiger partial charge in [-0.3, -0.25) is 19.1 Å². The van der Waals surface area contributed by atoms with Crippen LogP contribution in [0.4, 0.5) is 0 Å². The van der Waals surface area contributed by atoms with E-state index in [1.807, 2.05) is 36.1 Å². The summed E-state index contributed by atoms with van der Waals surface area (Å²) in [6, 6.07) is 8.94. The molecule has 0 aliphatic carbocycles. The molecule has 8 nitrogen and oxygen atoms in total. The maximum absolute atomic E-state index is 13.2. The van der Waals surface area contributed by atoms with Crippen LogP contribution in [0, 0.1) is 6.92 Å². The normalized spacial score (nSPS) is 17.3. The number of hydrogen-bond donors (Lipinski definition) is 1. The molecule has 2 aliphatic rings. The second kappa shape index (κ2) is 8.91. The fraction of sp³-hybridized carbons (Fsp3) is 0.478. The summed E-state index contributed by atoms with van der Waals surface area (Å²) in [5.74, 6) is -0.639. The van der Waals surface area contributed by atoms with Crippen LogP contribution in [0.25, 0.3) is 0 Å². The smallest absolute Gasteiger partial charge is 0.272 e. The van der Waals surface area contributed by atoms with Crippen LogP contribution in [-0.4, -0.2) is 63.0 Å². The fourth-order valence-corrected chi connectivity index (χ4v) is 4.23. The third kappa shape index (κ3) is 4.47. The molecule has 2 aromatic rings. The first-order valence-electron chi connectivity index (χ1n) is 11.0. The van der Waals surface area contributed by atoms with E-state index in [2.05, 4.69) is 10.4 Å². The number of likely N-dealkylation sites (tertiary alicyclic amines) is 1. The van der Waals surface area contributed by atoms with Crippen molar-refractivity contribution in [2.45, 2.75) is 52.2 Å². The van der Waals surface area contributed by atoms with E-state index in [0.29, 0.717) is 25.3 Å². The van der Waals surface area contributed by atoms with Crippen molar-refractivity contribution in [3.05, 3.63) is 52.8 Å². The first-order valence-corrected chi connectivity index (χ1v) is 11.0. The lowest BCUT2D eigenvalue weighted by molar-refractivity contribution is -0.131. The molecule has 1 unspecified atom stereocenters. The van der Waals surface area contributed by atoms with Gasteiger partial charge in [0, 0.05) is 38.8 Å². The van der Waals surface area contributed by atoms with E-state index in [4.69, 9.17) is 0 Å². The van der Waals surface area contributed by atoms with E-state index in [-0.39, 0.29) is 17.5 Å². The summed E-state index contributed by atoms with van der Waals surface area (Å²) in [6.07, 6.45) is 2.76. The predicted octanol–water partition coefficient (Wildman–Crippen LogP) is 1.98. The molecule has 8 heteroatoms. The van der Waals surface area contributed by atoms with Gasteiger partial charge in [-0.05, 0) is 44.2 Å². The Morgan fingerprint density at radius 1 is 1.10 bits per heavy atom. The van der Waals surface area contributed by atoms with E-state index in [9.17, 15) is 14.4 Å². The molecule has 0 radical (unpaired) electrons. The van der Waals surface area contributed by atoms with Gasteiger partial charge in [0.15, 0.2) is 5.69 Å². The minimum atomic E-state index is -0.625. The summed E-state index contributed by atoms with van der Waals surface area (Å²) in [6.45, 7) is 6.94. The van der Waals surface area contributed by atoms with E-state index >= 15 is 0 Å². The lowest BCUT2D eigenvalue weighted by Gasteiger charge is -2.21. The van der Waals surface area contributed by atoms with Crippen LogP contribution in [0.5, 0.6) is 0 Å². The molecule has 3 amide bonds. The monoisotopic (exact) mass is 423 g/mol. The van der Waals surface area contributed by atoms with Gasteiger partial charge in [0.25, 0.3) is 11.8 Å². The van der Waals surface area contributed by atoms with Gasteiger partial charge in [-0.25, -0.2) is 0 Å². The topological polar surface area (TPSA) is 87.5 Å². The number of aryl methyl sites for hydroxylation is 2. The lowest BCUT2D eigenvalue weighted by atomic mass is 10.1. The van der Waals surface area contributed by atoms with Gasteiger partial charge in [0.2, 0.25) is 5.91 Å². The Morgan fingerprint density at radius 3 is 2.58 bits per heavy atom. The zero-order valence-corrected chi connectivity index (χ0v) is 18.1. The second-order valence-corrected chi connectivity index (χ2v) is 8.37. The number of aromatic nitrogens is 2. The highest BCUT2D eigenvalue weighted by atomic mass is 16.2. The SMILES string of the molecule is Cc1ccccc1CN1CCCn2nc(C(=O)NC(C)C(=O)N3CCCC3)cc2C1=O. The summed E-state index contributed by atoms with van der Waals surface area (Å²) in [5.41, 5.74) is 2.83. The maximum atomic E-state index is 13.2. The highest BCUT2D eigenvalue weighted by molar-refractivity contribution is 5.99. The average molecular weight is 424 g/mol. The summed E-state index contributed by atoms with van der Waals surface area (Å²) in [4.78, 5) is 41.9. The zero-order chi connectivity index (χ0) is 22.0. The highest BCUT2D eigenvalue weighted by Gasteiger charge is 2.29. The van der Waals surface area contributed by atoms with Gasteiger partial charge in [0.05, 0.1) is 0 Å². The van der Waals surface area contributed by atoms with Crippen molar-refractivity contribution in [3.63, 3.8) is 0 Å². The Morgan fingerprint density at radius 2 is 1.84 bits per heavy atom. The van der Waals surface area contributed by atoms with Crippen molar-refractivity contribution < 1.29 is 14.4 Å². The van der Waals surface area contributed by atoms with Crippen LogP contribution < -0.4 is 5.32 Å². The molecule has 0 spiro atoms. The first kappa shape index (κ1) is 21.1. The molecule has 1 saturated heterocycles. The molecule has 1 fully saturated rings. The van der Waals surface area contributed by atoms with Crippen LogP contribution >= 0.6 is 0 Å². The summed E-state index contributed by atoms with van der Waals surface area (Å²) in [5, 5.41) is 7.10. The molecule has 164 valence electrons. The van der Waals surface area contributed by atoms with E-state index in [0.717, 1.165) is 43.5 Å². The van der Waals surface area contributed by atoms with Gasteiger partial charge >= 0.3 is 0 Å². The van der Waals surface area contributed by atoms with E-state index < -0.39 is 11.9 Å². The van der Waals surface area contributed by atoms with Crippen molar-refractivity contribution in [1.82, 2.24) is 24.9 Å². The van der Waals surface area contributed by atoms with Crippen LogP contribution in [0.3, 0.4) is 0 Å². The van der Waals surface area contributed by atoms with Crippen molar-refractivity contribution in [1.29, 1.82) is 0 Å². The standard InChI is InChI=1S/C23H29N5O3/c1-16-8-3-4-9-18(16)15-27-12-7-13-28-20(23(27)31)14-19(25-28)21(29)24-17(2)22(30)26-10-5-6-11-26/h3-4,8-9,14,17H,5-7,10-13,15H2,1-2H3,(H,24,29). The molecule has 1 aromatic heterocycles. The number of fused-ring (bicyclic) bond motifs is 1. The minimum absolute atomic E-state index is 0.0768. The number of benzene rings is 1. The van der Waals surface area contributed by atoms with Crippen LogP contribution in [0.1, 0.15) is 58.3 Å². The first-order chi connectivity index (χ1) is 14.9. The molecule has 1 N–H and O–H groups in total. The third-order valence-electron chi connectivity index (χ3n) is 6.08. The van der Waals surface area contributed by atoms with Gasteiger partial charge < -0.3 is 15.1 Å². The molecule has 2 aliphatic heterocycles. The Bertz CT molecular complexity index is 993. The molecule has 1 atom stereocenters. The van der Waals surface area contributed by atoms with Gasteiger partial charge in [-0.15, -0.1) is 0 Å². The molecule has 3 heterocycles. The largest absolute Gasteiger partial charge is 0.341 e. The highest BCUT2D eigenvalue weighted by Crippen LogP contribution is 2.18. The Labute approximate surface area is 182 Å². The zero-order valence-electron chi connectivity index (χ0n) is 18.1. The number of nitrogens with zero attached hydrogens (tertiary/aromatic N) is 4. The maximum Gasteiger partial charge on any atom is 0.272 e. The molecule has 0 bridgehead atoms. The van der Waals surface area contributed by atoms with Crippen molar-refractivity contribution >= 4 is 17.7 Å². The number of hydrogen-bond acceptors (Lipinski definition) is 4. The number of carbonyl (C=O) groups is 3. The second-order valence-electron chi connectivity index (χ2n) is 8.37. The molecular weight excluding hydrogens is 394 g/mol. The Kier molecular flexibility index (Phi) is 6.06. The lowest BCUT2D eigenvalue weighted by Crippen LogP contribution is -2.46. The number of amides is 3. The van der Waals surface area contributed by atoms with E-state index in [1.54, 1.807) is 22.6 Å². The van der Waals surface area contributed by atoms with Crippen molar-refractivity contribution in [2.75, 3.05) is 19.6 Å². The molecular formula is C23H29N5O3. The van der Waals surface area contributed by atoms with Gasteiger partial charge in [0.1, 0.15) is 11.7 Å². The molecule has 31 heavy (non-hydrogen) atoms. The summed E-state index contributed by atoms with van der Waals surface area (Å²) in [7, 11) is 0. The molecule has 0 saturated carbocycles. The van der Waals surface area contributed by atoms with Gasteiger partial charge in [-0.1, -0.05) is 24.3 Å². The van der Waals surface area contributed by atoms with Crippen LogP contribution in [-0.2, 0) is 17.9 Å². The Balaban J connectivity index is 1.46. The number of rotatable bonds is 5. The van der Waals surface area contributed by atoms with Crippen molar-refractivity contribution in [3.8, 4) is 0 Å². The minimum Gasteiger partial charge on any atom is -0.341 e. The average Bonchev–Trinajstić information content (AvgIpc) is 3.41. The summed E-state index contributed by atoms with van der Waals surface area (Å²) < 4.78 is 1.61. The third-order valence-corrected chi connectivity index (χ3v) is 6.08. The van der Waals surface area contributed by atoms with Crippen molar-refractivity contribution in [2.24, 2.45) is 0 Å². The fourth-order valence-electron chi connectivity index (χ4n) is 4.23.